The molecule has 7 nitrogen and oxygen atoms in total. The maximum Gasteiger partial charge on any atom is 0.270 e. The van der Waals surface area contributed by atoms with Crippen LogP contribution in [0.4, 0.5) is 11.4 Å². The van der Waals surface area contributed by atoms with E-state index in [0.717, 1.165) is 10.9 Å². The van der Waals surface area contributed by atoms with Crippen LogP contribution in [0.1, 0.15) is 4.88 Å². The van der Waals surface area contributed by atoms with Gasteiger partial charge in [-0.25, -0.2) is 13.1 Å². The molecule has 0 fully saturated rings. The van der Waals surface area contributed by atoms with E-state index in [9.17, 15) is 18.5 Å². The average Bonchev–Trinajstić information content (AvgIpc) is 2.91. The van der Waals surface area contributed by atoms with Crippen LogP contribution >= 0.6 is 11.3 Å². The molecule has 0 aliphatic rings. The first-order valence-corrected chi connectivity index (χ1v) is 8.32. The predicted molar refractivity (Wildman–Crippen MR) is 80.7 cm³/mol. The quantitative estimate of drug-likeness (QED) is 0.476. The number of nitrogen functional groups attached to an aromatic ring is 1. The van der Waals surface area contributed by atoms with E-state index in [1.807, 2.05) is 17.5 Å². The van der Waals surface area contributed by atoms with Crippen LogP contribution in [0.2, 0.25) is 0 Å². The molecule has 1 aromatic carbocycles. The van der Waals surface area contributed by atoms with Crippen molar-refractivity contribution in [2.75, 3.05) is 12.3 Å². The van der Waals surface area contributed by atoms with E-state index < -0.39 is 14.9 Å². The van der Waals surface area contributed by atoms with Crippen LogP contribution < -0.4 is 10.5 Å². The molecule has 2 rings (SSSR count). The number of anilines is 1. The smallest absolute Gasteiger partial charge is 0.270 e. The SMILES string of the molecule is Nc1ccc([N+](=O)[O-])cc1S(=O)(=O)NCCc1cccs1. The lowest BCUT2D eigenvalue weighted by Gasteiger charge is -2.08. The van der Waals surface area contributed by atoms with Crippen molar-refractivity contribution in [1.29, 1.82) is 0 Å². The molecule has 0 spiro atoms. The summed E-state index contributed by atoms with van der Waals surface area (Å²) in [5, 5.41) is 12.6. The number of sulfonamides is 1. The molecule has 0 saturated heterocycles. The Morgan fingerprint density at radius 1 is 1.33 bits per heavy atom. The van der Waals surface area contributed by atoms with E-state index >= 15 is 0 Å². The Morgan fingerprint density at radius 2 is 2.10 bits per heavy atom. The first-order valence-electron chi connectivity index (χ1n) is 5.96. The molecule has 2 aromatic rings. The lowest BCUT2D eigenvalue weighted by Crippen LogP contribution is -2.26. The summed E-state index contributed by atoms with van der Waals surface area (Å²) in [4.78, 5) is 10.8. The normalized spacial score (nSPS) is 11.4. The zero-order valence-corrected chi connectivity index (χ0v) is 12.5. The molecule has 9 heteroatoms. The number of nitrogens with zero attached hydrogens (tertiary/aromatic N) is 1. The van der Waals surface area contributed by atoms with Gasteiger partial charge >= 0.3 is 0 Å². The van der Waals surface area contributed by atoms with Gasteiger partial charge in [0.2, 0.25) is 10.0 Å². The van der Waals surface area contributed by atoms with Gasteiger partial charge in [-0.3, -0.25) is 10.1 Å². The van der Waals surface area contributed by atoms with Crippen LogP contribution in [0.3, 0.4) is 0 Å². The summed E-state index contributed by atoms with van der Waals surface area (Å²) in [5.41, 5.74) is 5.26. The third-order valence-corrected chi connectivity index (χ3v) is 5.19. The molecule has 0 amide bonds. The molecule has 3 N–H and O–H groups in total. The van der Waals surface area contributed by atoms with Gasteiger partial charge in [-0.15, -0.1) is 11.3 Å². The van der Waals surface area contributed by atoms with E-state index in [1.54, 1.807) is 0 Å². The number of nitro benzene ring substituents is 1. The highest BCUT2D eigenvalue weighted by Gasteiger charge is 2.20. The minimum absolute atomic E-state index is 0.0239. The molecule has 0 unspecified atom stereocenters. The van der Waals surface area contributed by atoms with Gasteiger partial charge in [0.15, 0.2) is 0 Å². The summed E-state index contributed by atoms with van der Waals surface area (Å²) in [6.45, 7) is 0.199. The van der Waals surface area contributed by atoms with Crippen molar-refractivity contribution >= 4 is 32.7 Å². The summed E-state index contributed by atoms with van der Waals surface area (Å²) in [6.07, 6.45) is 0.547. The lowest BCUT2D eigenvalue weighted by atomic mass is 10.3. The van der Waals surface area contributed by atoms with Crippen molar-refractivity contribution in [3.8, 4) is 0 Å². The minimum atomic E-state index is -3.88. The topological polar surface area (TPSA) is 115 Å². The van der Waals surface area contributed by atoms with Crippen LogP contribution in [0.15, 0.2) is 40.6 Å². The summed E-state index contributed by atoms with van der Waals surface area (Å²) in [5.74, 6) is 0. The number of hydrogen-bond donors (Lipinski definition) is 2. The molecule has 0 radical (unpaired) electrons. The van der Waals surface area contributed by atoms with Gasteiger partial charge in [-0.2, -0.15) is 0 Å². The summed E-state index contributed by atoms with van der Waals surface area (Å²) in [7, 11) is -3.88. The van der Waals surface area contributed by atoms with E-state index in [-0.39, 0.29) is 22.8 Å². The summed E-state index contributed by atoms with van der Waals surface area (Å²) >= 11 is 1.53. The standard InChI is InChI=1S/C12H13N3O4S2/c13-11-4-3-9(15(16)17)8-12(11)21(18,19)14-6-5-10-2-1-7-20-10/h1-4,7-8,14H,5-6,13H2. The zero-order valence-electron chi connectivity index (χ0n) is 10.9. The zero-order chi connectivity index (χ0) is 15.5. The largest absolute Gasteiger partial charge is 0.398 e. The van der Waals surface area contributed by atoms with Crippen LogP contribution in [0, 0.1) is 10.1 Å². The predicted octanol–water partition coefficient (Wildman–Crippen LogP) is 1.76. The Balaban J connectivity index is 2.15. The fourth-order valence-electron chi connectivity index (χ4n) is 1.71. The Kier molecular flexibility index (Phi) is 4.56. The molecule has 1 aromatic heterocycles. The molecule has 0 aliphatic carbocycles. The van der Waals surface area contributed by atoms with Crippen LogP contribution in [0.25, 0.3) is 0 Å². The van der Waals surface area contributed by atoms with E-state index in [4.69, 9.17) is 5.73 Å². The highest BCUT2D eigenvalue weighted by Crippen LogP contribution is 2.23. The number of thiophene rings is 1. The van der Waals surface area contributed by atoms with Gasteiger partial charge in [0.25, 0.3) is 5.69 Å². The molecule has 21 heavy (non-hydrogen) atoms. The van der Waals surface area contributed by atoms with Gasteiger partial charge in [-0.1, -0.05) is 6.07 Å². The van der Waals surface area contributed by atoms with Crippen molar-refractivity contribution in [2.45, 2.75) is 11.3 Å². The van der Waals surface area contributed by atoms with Crippen molar-refractivity contribution < 1.29 is 13.3 Å². The molecule has 112 valence electrons. The fraction of sp³-hybridized carbons (Fsp3) is 0.167. The maximum atomic E-state index is 12.1. The van der Waals surface area contributed by atoms with Gasteiger partial charge in [0, 0.05) is 23.6 Å². The molecule has 0 atom stereocenters. The van der Waals surface area contributed by atoms with E-state index in [0.29, 0.717) is 6.42 Å². The number of rotatable bonds is 6. The van der Waals surface area contributed by atoms with Crippen molar-refractivity contribution in [3.63, 3.8) is 0 Å². The lowest BCUT2D eigenvalue weighted by molar-refractivity contribution is -0.385. The van der Waals surface area contributed by atoms with Gasteiger partial charge in [0.1, 0.15) is 4.90 Å². The number of non-ortho nitro benzene ring substituents is 1. The van der Waals surface area contributed by atoms with Crippen molar-refractivity contribution in [2.24, 2.45) is 0 Å². The first kappa shape index (κ1) is 15.4. The first-order chi connectivity index (χ1) is 9.90. The molecule has 0 aliphatic heterocycles. The third-order valence-electron chi connectivity index (χ3n) is 2.74. The summed E-state index contributed by atoms with van der Waals surface area (Å²) in [6, 6.07) is 7.13. The molecular weight excluding hydrogens is 314 g/mol. The van der Waals surface area contributed by atoms with E-state index in [1.165, 1.54) is 23.5 Å². The fourth-order valence-corrected chi connectivity index (χ4v) is 3.60. The van der Waals surface area contributed by atoms with Crippen LogP contribution in [-0.4, -0.2) is 19.9 Å². The van der Waals surface area contributed by atoms with Gasteiger partial charge in [0.05, 0.1) is 10.6 Å². The Labute approximate surface area is 125 Å². The number of hydrogen-bond acceptors (Lipinski definition) is 6. The molecule has 0 saturated carbocycles. The van der Waals surface area contributed by atoms with Crippen molar-refractivity contribution in [1.82, 2.24) is 4.72 Å². The monoisotopic (exact) mass is 327 g/mol. The second-order valence-corrected chi connectivity index (χ2v) is 6.97. The number of nitrogens with two attached hydrogens (primary N) is 1. The second-order valence-electron chi connectivity index (χ2n) is 4.21. The van der Waals surface area contributed by atoms with Gasteiger partial charge < -0.3 is 5.73 Å². The minimum Gasteiger partial charge on any atom is -0.398 e. The highest BCUT2D eigenvalue weighted by atomic mass is 32.2. The van der Waals surface area contributed by atoms with E-state index in [2.05, 4.69) is 4.72 Å². The molecule has 0 bridgehead atoms. The Bertz CT molecular complexity index is 742. The number of nitro groups is 1. The third kappa shape index (κ3) is 3.78. The maximum absolute atomic E-state index is 12.1. The van der Waals surface area contributed by atoms with Gasteiger partial charge in [-0.05, 0) is 23.9 Å². The molecular formula is C12H13N3O4S2. The van der Waals surface area contributed by atoms with Crippen molar-refractivity contribution in [3.05, 3.63) is 50.7 Å². The second kappa shape index (κ2) is 6.20. The molecule has 1 heterocycles. The average molecular weight is 327 g/mol. The Hall–Kier alpha value is -1.97. The summed E-state index contributed by atoms with van der Waals surface area (Å²) < 4.78 is 26.7. The number of benzene rings is 1. The van der Waals surface area contributed by atoms with Crippen LogP contribution in [-0.2, 0) is 16.4 Å². The number of nitrogens with one attached hydrogen (secondary N) is 1. The Morgan fingerprint density at radius 3 is 2.71 bits per heavy atom. The van der Waals surface area contributed by atoms with Crippen LogP contribution in [0.5, 0.6) is 0 Å². The highest BCUT2D eigenvalue weighted by molar-refractivity contribution is 7.89.